The van der Waals surface area contributed by atoms with Gasteiger partial charge in [0.05, 0.1) is 17.6 Å². The van der Waals surface area contributed by atoms with E-state index in [4.69, 9.17) is 4.74 Å². The second kappa shape index (κ2) is 6.48. The Hall–Kier alpha value is -1.94. The van der Waals surface area contributed by atoms with Gasteiger partial charge in [0.1, 0.15) is 0 Å². The van der Waals surface area contributed by atoms with Crippen LogP contribution in [0.1, 0.15) is 19.4 Å². The first-order chi connectivity index (χ1) is 9.34. The largest absolute Gasteiger partial charge is 0.465 e. The van der Waals surface area contributed by atoms with Crippen molar-refractivity contribution in [3.63, 3.8) is 0 Å². The second-order valence-electron chi connectivity index (χ2n) is 4.37. The summed E-state index contributed by atoms with van der Waals surface area (Å²) >= 11 is 3.22. The summed E-state index contributed by atoms with van der Waals surface area (Å²) < 4.78 is 5.37. The van der Waals surface area contributed by atoms with E-state index in [2.05, 4.69) is 15.9 Å². The van der Waals surface area contributed by atoms with Gasteiger partial charge in [0, 0.05) is 23.0 Å². The first-order valence-corrected chi connectivity index (χ1v) is 6.64. The maximum atomic E-state index is 11.8. The Bertz CT molecular complexity index is 582. The number of rotatable bonds is 5. The van der Waals surface area contributed by atoms with Crippen molar-refractivity contribution >= 4 is 27.6 Å². The number of non-ortho nitro benzene ring substituents is 1. The Morgan fingerprint density at radius 2 is 2.25 bits per heavy atom. The predicted octanol–water partition coefficient (Wildman–Crippen LogP) is 2.99. The van der Waals surface area contributed by atoms with Gasteiger partial charge in [0.15, 0.2) is 5.41 Å². The standard InChI is InChI=1S/C13H13BrN2O4/c1-3-20-12(17)13(2,8-15)7-9-4-5-10(16(18)19)6-11(9)14/h4-6H,3,7H2,1-2H3. The molecule has 0 bridgehead atoms. The molecule has 6 nitrogen and oxygen atoms in total. The molecule has 0 saturated carbocycles. The lowest BCUT2D eigenvalue weighted by molar-refractivity contribution is -0.384. The van der Waals surface area contributed by atoms with Gasteiger partial charge < -0.3 is 4.74 Å². The molecule has 1 aromatic rings. The van der Waals surface area contributed by atoms with E-state index in [0.717, 1.165) is 0 Å². The van der Waals surface area contributed by atoms with Gasteiger partial charge in [-0.3, -0.25) is 14.9 Å². The van der Waals surface area contributed by atoms with Gasteiger partial charge in [-0.1, -0.05) is 22.0 Å². The van der Waals surface area contributed by atoms with Crippen molar-refractivity contribution < 1.29 is 14.5 Å². The maximum Gasteiger partial charge on any atom is 0.326 e. The van der Waals surface area contributed by atoms with E-state index in [1.165, 1.54) is 25.1 Å². The monoisotopic (exact) mass is 340 g/mol. The number of carbonyl (C=O) groups is 1. The fourth-order valence-electron chi connectivity index (χ4n) is 1.62. The molecule has 0 heterocycles. The van der Waals surface area contributed by atoms with Crippen LogP contribution in [0.5, 0.6) is 0 Å². The fraction of sp³-hybridized carbons (Fsp3) is 0.385. The lowest BCUT2D eigenvalue weighted by Crippen LogP contribution is -2.30. The number of benzene rings is 1. The molecule has 0 aliphatic rings. The minimum Gasteiger partial charge on any atom is -0.465 e. The molecule has 0 aromatic heterocycles. The summed E-state index contributed by atoms with van der Waals surface area (Å²) in [5.41, 5.74) is -0.752. The number of nitrogens with zero attached hydrogens (tertiary/aromatic N) is 2. The van der Waals surface area contributed by atoms with E-state index in [9.17, 15) is 20.2 Å². The molecule has 1 unspecified atom stereocenters. The van der Waals surface area contributed by atoms with Crippen LogP contribution in [0.25, 0.3) is 0 Å². The number of carbonyl (C=O) groups excluding carboxylic acids is 1. The molecule has 1 atom stereocenters. The third-order valence-electron chi connectivity index (χ3n) is 2.76. The molecule has 0 amide bonds. The van der Waals surface area contributed by atoms with Gasteiger partial charge in [-0.25, -0.2) is 0 Å². The number of nitro groups is 1. The molecule has 0 saturated heterocycles. The first-order valence-electron chi connectivity index (χ1n) is 5.85. The number of hydrogen-bond acceptors (Lipinski definition) is 5. The predicted molar refractivity (Wildman–Crippen MR) is 74.9 cm³/mol. The van der Waals surface area contributed by atoms with E-state index in [-0.39, 0.29) is 18.7 Å². The van der Waals surface area contributed by atoms with Gasteiger partial charge in [-0.2, -0.15) is 5.26 Å². The van der Waals surface area contributed by atoms with Crippen molar-refractivity contribution in [3.05, 3.63) is 38.3 Å². The Morgan fingerprint density at radius 1 is 1.60 bits per heavy atom. The number of halogens is 1. The Balaban J connectivity index is 3.05. The summed E-state index contributed by atoms with van der Waals surface area (Å²) in [6.45, 7) is 3.34. The molecule has 0 spiro atoms. The molecule has 0 radical (unpaired) electrons. The number of hydrogen-bond donors (Lipinski definition) is 0. The van der Waals surface area contributed by atoms with Crippen molar-refractivity contribution in [1.29, 1.82) is 5.26 Å². The minimum absolute atomic E-state index is 0.0598. The Kier molecular flexibility index (Phi) is 5.22. The van der Waals surface area contributed by atoms with Crippen molar-refractivity contribution in [3.8, 4) is 6.07 Å². The molecular weight excluding hydrogens is 328 g/mol. The van der Waals surface area contributed by atoms with Crippen LogP contribution < -0.4 is 0 Å². The lowest BCUT2D eigenvalue weighted by atomic mass is 9.85. The zero-order valence-corrected chi connectivity index (χ0v) is 12.6. The quantitative estimate of drug-likeness (QED) is 0.466. The number of esters is 1. The fourth-order valence-corrected chi connectivity index (χ4v) is 2.13. The normalized spacial score (nSPS) is 13.1. The van der Waals surface area contributed by atoms with Crippen LogP contribution >= 0.6 is 15.9 Å². The number of nitriles is 1. The van der Waals surface area contributed by atoms with Crippen LogP contribution in [0.3, 0.4) is 0 Å². The highest BCUT2D eigenvalue weighted by Crippen LogP contribution is 2.30. The van der Waals surface area contributed by atoms with Crippen LogP contribution in [-0.4, -0.2) is 17.5 Å². The highest BCUT2D eigenvalue weighted by Gasteiger charge is 2.36. The molecule has 20 heavy (non-hydrogen) atoms. The number of nitro benzene ring substituents is 1. The highest BCUT2D eigenvalue weighted by molar-refractivity contribution is 9.10. The van der Waals surface area contributed by atoms with Crippen LogP contribution in [0.2, 0.25) is 0 Å². The van der Waals surface area contributed by atoms with Gasteiger partial charge in [-0.05, 0) is 19.4 Å². The van der Waals surface area contributed by atoms with Crippen LogP contribution in [-0.2, 0) is 16.0 Å². The van der Waals surface area contributed by atoms with Gasteiger partial charge in [-0.15, -0.1) is 0 Å². The number of ether oxygens (including phenoxy) is 1. The first kappa shape index (κ1) is 16.1. The summed E-state index contributed by atoms with van der Waals surface area (Å²) in [6, 6.07) is 6.15. The van der Waals surface area contributed by atoms with Crippen molar-refractivity contribution in [2.75, 3.05) is 6.61 Å². The van der Waals surface area contributed by atoms with E-state index >= 15 is 0 Å². The van der Waals surface area contributed by atoms with Crippen molar-refractivity contribution in [2.24, 2.45) is 5.41 Å². The molecule has 1 aromatic carbocycles. The molecule has 0 N–H and O–H groups in total. The van der Waals surface area contributed by atoms with E-state index in [0.29, 0.717) is 10.0 Å². The van der Waals surface area contributed by atoms with Crippen molar-refractivity contribution in [1.82, 2.24) is 0 Å². The molecule has 0 fully saturated rings. The summed E-state index contributed by atoms with van der Waals surface area (Å²) in [6.07, 6.45) is 0.112. The second-order valence-corrected chi connectivity index (χ2v) is 5.23. The zero-order chi connectivity index (χ0) is 15.3. The smallest absolute Gasteiger partial charge is 0.326 e. The average Bonchev–Trinajstić information content (AvgIpc) is 2.40. The molecule has 0 aliphatic carbocycles. The van der Waals surface area contributed by atoms with Gasteiger partial charge in [0.25, 0.3) is 5.69 Å². The van der Waals surface area contributed by atoms with E-state index in [1.54, 1.807) is 6.92 Å². The average molecular weight is 341 g/mol. The summed E-state index contributed by atoms with van der Waals surface area (Å²) in [7, 11) is 0. The SMILES string of the molecule is CCOC(=O)C(C)(C#N)Cc1ccc([N+](=O)[O-])cc1Br. The molecule has 106 valence electrons. The lowest BCUT2D eigenvalue weighted by Gasteiger charge is -2.19. The van der Waals surface area contributed by atoms with Crippen LogP contribution in [0, 0.1) is 26.9 Å². The minimum atomic E-state index is -1.32. The van der Waals surface area contributed by atoms with Crippen LogP contribution in [0.4, 0.5) is 5.69 Å². The Morgan fingerprint density at radius 3 is 2.70 bits per heavy atom. The summed E-state index contributed by atoms with van der Waals surface area (Å²) in [4.78, 5) is 22.0. The van der Waals surface area contributed by atoms with E-state index < -0.39 is 16.3 Å². The zero-order valence-electron chi connectivity index (χ0n) is 11.1. The highest BCUT2D eigenvalue weighted by atomic mass is 79.9. The molecule has 7 heteroatoms. The van der Waals surface area contributed by atoms with Gasteiger partial charge >= 0.3 is 5.97 Å². The summed E-state index contributed by atoms with van der Waals surface area (Å²) in [5.74, 6) is -0.604. The third-order valence-corrected chi connectivity index (χ3v) is 3.50. The van der Waals surface area contributed by atoms with Gasteiger partial charge in [0.2, 0.25) is 0 Å². The topological polar surface area (TPSA) is 93.2 Å². The van der Waals surface area contributed by atoms with E-state index in [1.807, 2.05) is 6.07 Å². The third kappa shape index (κ3) is 3.54. The molecular formula is C13H13BrN2O4. The maximum absolute atomic E-state index is 11.8. The molecule has 1 rings (SSSR count). The van der Waals surface area contributed by atoms with Crippen LogP contribution in [0.15, 0.2) is 22.7 Å². The molecule has 0 aliphatic heterocycles. The van der Waals surface area contributed by atoms with Crippen molar-refractivity contribution in [2.45, 2.75) is 20.3 Å². The summed E-state index contributed by atoms with van der Waals surface area (Å²) in [5, 5.41) is 19.9. The Labute approximate surface area is 124 Å².